The molecule has 12 rings (SSSR count). The van der Waals surface area contributed by atoms with Crippen molar-refractivity contribution in [3.63, 3.8) is 0 Å². The number of amides is 3. The summed E-state index contributed by atoms with van der Waals surface area (Å²) in [6.07, 6.45) is 2.77. The Morgan fingerprint density at radius 1 is 0.880 bits per heavy atom. The van der Waals surface area contributed by atoms with E-state index in [1.165, 1.54) is 67.0 Å². The summed E-state index contributed by atoms with van der Waals surface area (Å²) in [5.74, 6) is -2.71. The third-order valence-corrected chi connectivity index (χ3v) is 18.1. The van der Waals surface area contributed by atoms with E-state index in [-0.39, 0.29) is 84.1 Å². The van der Waals surface area contributed by atoms with Crippen molar-refractivity contribution < 1.29 is 82.0 Å². The number of ether oxygens (including phenoxy) is 8. The summed E-state index contributed by atoms with van der Waals surface area (Å²) < 4.78 is 47.7. The van der Waals surface area contributed by atoms with E-state index in [1.54, 1.807) is 6.92 Å². The van der Waals surface area contributed by atoms with Crippen LogP contribution in [0.4, 0.5) is 4.79 Å². The number of aromatic hydroxyl groups is 2. The largest absolute Gasteiger partial charge is 0.504 e. The molecule has 3 aromatic carbocycles. The number of aryl methyl sites for hydroxylation is 1. The van der Waals surface area contributed by atoms with Crippen molar-refractivity contribution in [1.29, 1.82) is 0 Å². The molecule has 1 saturated carbocycles. The number of aliphatic hydroxyl groups excluding tert-OH is 1. The third kappa shape index (κ3) is 7.91. The number of carbonyl (C=O) groups excluding carboxylic acids is 6. The lowest BCUT2D eigenvalue weighted by atomic mass is 9.73. The number of methoxy groups -OCH3 is 2. The second kappa shape index (κ2) is 19.1. The lowest BCUT2D eigenvalue weighted by Gasteiger charge is -2.62. The molecule has 3 aromatic rings. The van der Waals surface area contributed by atoms with Crippen LogP contribution in [-0.2, 0) is 56.6 Å². The topological polar surface area (TPSA) is 250 Å². The zero-order chi connectivity index (χ0) is 52.9. The quantitative estimate of drug-likeness (QED) is 0.122. The van der Waals surface area contributed by atoms with Crippen LogP contribution in [0.3, 0.4) is 0 Å². The molecular formula is C53H58N4O17S. The van der Waals surface area contributed by atoms with Gasteiger partial charge in [-0.25, -0.2) is 9.59 Å². The number of nitrogens with zero attached hydrogens (tertiary/aromatic N) is 4. The molecule has 22 heteroatoms. The molecule has 9 aliphatic rings. The summed E-state index contributed by atoms with van der Waals surface area (Å²) in [6, 6.07) is 1.94. The second-order valence-electron chi connectivity index (χ2n) is 20.4. The normalized spacial score (nSPS) is 28.5. The molecule has 75 heavy (non-hydrogen) atoms. The van der Waals surface area contributed by atoms with Crippen molar-refractivity contribution in [3.05, 3.63) is 74.9 Å². The van der Waals surface area contributed by atoms with Crippen LogP contribution in [0.5, 0.6) is 40.2 Å². The number of esters is 3. The Kier molecular flexibility index (Phi) is 12.9. The molecule has 1 aliphatic carbocycles. The number of hydrogen-bond acceptors (Lipinski definition) is 20. The van der Waals surface area contributed by atoms with E-state index in [4.69, 9.17) is 37.9 Å². The first kappa shape index (κ1) is 50.4. The highest BCUT2D eigenvalue weighted by atomic mass is 32.2. The molecular weight excluding hydrogens is 997 g/mol. The minimum Gasteiger partial charge on any atom is -0.504 e. The Morgan fingerprint density at radius 3 is 2.32 bits per heavy atom. The Bertz CT molecular complexity index is 2960. The molecule has 0 aromatic heterocycles. The maximum absolute atomic E-state index is 15.6. The summed E-state index contributed by atoms with van der Waals surface area (Å²) in [5, 5.41) is 35.3. The lowest BCUT2D eigenvalue weighted by molar-refractivity contribution is -0.188. The van der Waals surface area contributed by atoms with Gasteiger partial charge >= 0.3 is 24.0 Å². The van der Waals surface area contributed by atoms with E-state index in [1.807, 2.05) is 29.8 Å². The van der Waals surface area contributed by atoms with Gasteiger partial charge in [-0.1, -0.05) is 6.07 Å². The number of imide groups is 1. The van der Waals surface area contributed by atoms with Gasteiger partial charge in [0.05, 0.1) is 43.5 Å². The zero-order valence-electron chi connectivity index (χ0n) is 42.2. The lowest BCUT2D eigenvalue weighted by Crippen LogP contribution is -2.70. The number of aliphatic hydroxyl groups is 1. The van der Waals surface area contributed by atoms with Crippen LogP contribution in [0.1, 0.15) is 94.4 Å². The molecule has 1 spiro atoms. The Morgan fingerprint density at radius 2 is 1.61 bits per heavy atom. The average Bonchev–Trinajstić information content (AvgIpc) is 4.01. The van der Waals surface area contributed by atoms with Crippen LogP contribution in [0.2, 0.25) is 0 Å². The van der Waals surface area contributed by atoms with Crippen molar-refractivity contribution >= 4 is 47.6 Å². The summed E-state index contributed by atoms with van der Waals surface area (Å²) in [6.45, 7) is 3.63. The smallest absolute Gasteiger partial charge is 0.413 e. The van der Waals surface area contributed by atoms with Crippen LogP contribution in [-0.4, -0.2) is 149 Å². The maximum Gasteiger partial charge on any atom is 0.413 e. The monoisotopic (exact) mass is 1050 g/mol. The molecule has 2 saturated heterocycles. The van der Waals surface area contributed by atoms with Gasteiger partial charge in [0.15, 0.2) is 40.0 Å². The number of fused-ring (bicyclic) bond motifs is 9. The predicted molar refractivity (Wildman–Crippen MR) is 262 cm³/mol. The summed E-state index contributed by atoms with van der Waals surface area (Å²) in [7, 11) is 4.72. The molecule has 3 fully saturated rings. The first-order valence-corrected chi connectivity index (χ1v) is 26.1. The SMILES string of the molecule is COc1cc2c(cc1O)CCN(C(=O)OCOC(=O)C1CCC(CN3C(=O)C=CC3=O)CC1)[C@]21CS[C@@H]2c3c(OC(C)=O)c(C)c4c(c3[C@H](COC1=O)N1C(O)[C@@H]3Cc5cc(C)c(OC)c(O)c5[C@H]([C@H]21)N3C)OCO4. The van der Waals surface area contributed by atoms with Crippen LogP contribution >= 0.6 is 11.8 Å². The van der Waals surface area contributed by atoms with Crippen molar-refractivity contribution in [2.75, 3.05) is 60.3 Å². The maximum atomic E-state index is 15.6. The van der Waals surface area contributed by atoms with Gasteiger partial charge < -0.3 is 53.2 Å². The van der Waals surface area contributed by atoms with Crippen molar-refractivity contribution in [2.45, 2.75) is 100 Å². The fourth-order valence-corrected chi connectivity index (χ4v) is 14.9. The first-order valence-electron chi connectivity index (χ1n) is 25.0. The van der Waals surface area contributed by atoms with Crippen molar-refractivity contribution in [3.8, 4) is 40.2 Å². The van der Waals surface area contributed by atoms with Gasteiger partial charge in [0.2, 0.25) is 13.6 Å². The molecule has 0 radical (unpaired) electrons. The van der Waals surface area contributed by atoms with Gasteiger partial charge in [-0.3, -0.25) is 38.8 Å². The van der Waals surface area contributed by atoms with E-state index in [0.717, 1.165) is 5.56 Å². The Hall–Kier alpha value is -6.75. The molecule has 3 amide bonds. The number of thioether (sulfide) groups is 1. The molecule has 4 bridgehead atoms. The van der Waals surface area contributed by atoms with Gasteiger partial charge in [-0.05, 0) is 99.7 Å². The molecule has 3 N–H and O–H groups in total. The number of rotatable bonds is 8. The van der Waals surface area contributed by atoms with Crippen LogP contribution in [0.25, 0.3) is 0 Å². The highest BCUT2D eigenvalue weighted by Gasteiger charge is 2.63. The standard InChI is InChI=1S/C53H58N4O17S/c1-24-15-30-16-32-49(63)57-33-20-69-51(65)53(21-75-48(42(57)41(54(32)4)38(30)43(62)44(24)68-6)40-39(33)47-46(70-22-71-47)25(2)45(40)74-26(3)58)31-18-35(67-5)34(59)17-29(31)13-14-56(53)52(66)73-23-72-50(64)28-9-7-27(8-10-28)19-55-36(60)11-12-37(55)61/h11-12,15,17-18,27-28,32-33,41-42,48-49,59,62-63H,7-10,13-14,16,19-23H2,1-6H3/t27?,28?,32-,33-,41+,42+,48+,49?,53+/m0/s1. The molecule has 8 heterocycles. The predicted octanol–water partition coefficient (Wildman–Crippen LogP) is 4.49. The highest BCUT2D eigenvalue weighted by molar-refractivity contribution is 7.99. The number of phenols is 2. The summed E-state index contributed by atoms with van der Waals surface area (Å²) >= 11 is 1.23. The van der Waals surface area contributed by atoms with E-state index in [0.29, 0.717) is 77.0 Å². The Balaban J connectivity index is 0.986. The fourth-order valence-electron chi connectivity index (χ4n) is 13.1. The average molecular weight is 1060 g/mol. The highest BCUT2D eigenvalue weighted by Crippen LogP contribution is 2.65. The number of carbonyl (C=O) groups is 6. The number of piperazine rings is 1. The van der Waals surface area contributed by atoms with Crippen LogP contribution < -0.4 is 23.7 Å². The van der Waals surface area contributed by atoms with Crippen molar-refractivity contribution in [1.82, 2.24) is 19.6 Å². The van der Waals surface area contributed by atoms with E-state index >= 15 is 4.79 Å². The molecule has 7 atom stereocenters. The van der Waals surface area contributed by atoms with Crippen LogP contribution in [0.15, 0.2) is 30.4 Å². The molecule has 8 aliphatic heterocycles. The van der Waals surface area contributed by atoms with E-state index < -0.39 is 84.5 Å². The summed E-state index contributed by atoms with van der Waals surface area (Å²) in [4.78, 5) is 87.8. The van der Waals surface area contributed by atoms with E-state index in [2.05, 4.69) is 0 Å². The summed E-state index contributed by atoms with van der Waals surface area (Å²) in [5.41, 5.74) is 2.29. The van der Waals surface area contributed by atoms with Gasteiger partial charge in [-0.15, -0.1) is 11.8 Å². The van der Waals surface area contributed by atoms with Gasteiger partial charge in [-0.2, -0.15) is 0 Å². The minimum absolute atomic E-state index is 0.0114. The molecule has 21 nitrogen and oxygen atoms in total. The number of hydrogen-bond donors (Lipinski definition) is 3. The second-order valence-corrected chi connectivity index (χ2v) is 21.6. The Labute approximate surface area is 435 Å². The first-order chi connectivity index (χ1) is 36.0. The number of phenolic OH excluding ortho intramolecular Hbond substituents is 2. The molecule has 398 valence electrons. The van der Waals surface area contributed by atoms with E-state index in [9.17, 15) is 39.3 Å². The van der Waals surface area contributed by atoms with Crippen molar-refractivity contribution in [2.24, 2.45) is 11.8 Å². The van der Waals surface area contributed by atoms with Gasteiger partial charge in [0.25, 0.3) is 11.8 Å². The zero-order valence-corrected chi connectivity index (χ0v) is 43.1. The number of benzene rings is 3. The minimum atomic E-state index is -2.03. The van der Waals surface area contributed by atoms with Gasteiger partial charge in [0, 0.05) is 66.2 Å². The molecule has 1 unspecified atom stereocenters. The third-order valence-electron chi connectivity index (χ3n) is 16.6. The number of likely N-dealkylation sites (N-methyl/N-ethyl adjacent to an activating group) is 1. The van der Waals surface area contributed by atoms with Gasteiger partial charge in [0.1, 0.15) is 18.6 Å². The van der Waals surface area contributed by atoms with Crippen LogP contribution in [0, 0.1) is 25.7 Å². The fraction of sp³-hybridized carbons (Fsp3) is 0.509.